The van der Waals surface area contributed by atoms with Crippen LogP contribution in [0.25, 0.3) is 0 Å². The second kappa shape index (κ2) is 7.49. The molecule has 3 rings (SSSR count). The van der Waals surface area contributed by atoms with Gasteiger partial charge in [0.25, 0.3) is 0 Å². The molecule has 2 aliphatic heterocycles. The Morgan fingerprint density at radius 1 is 1.09 bits per heavy atom. The summed E-state index contributed by atoms with van der Waals surface area (Å²) in [5, 5.41) is 3.34. The fraction of sp³-hybridized carbons (Fsp3) is 0.625. The van der Waals surface area contributed by atoms with Crippen molar-refractivity contribution in [3.05, 3.63) is 29.3 Å². The summed E-state index contributed by atoms with van der Waals surface area (Å²) in [6.07, 6.45) is 0.935. The molecule has 0 radical (unpaired) electrons. The lowest BCUT2D eigenvalue weighted by molar-refractivity contribution is 0.179. The number of piperazine rings is 1. The van der Waals surface area contributed by atoms with Crippen LogP contribution in [0.1, 0.15) is 17.5 Å². The molecule has 0 aromatic heterocycles. The van der Waals surface area contributed by atoms with Crippen molar-refractivity contribution in [2.75, 3.05) is 39.3 Å². The van der Waals surface area contributed by atoms with Crippen molar-refractivity contribution in [1.82, 2.24) is 14.5 Å². The topological polar surface area (TPSA) is 52.7 Å². The Hall–Kier alpha value is -0.660. The maximum atomic E-state index is 12.8. The summed E-state index contributed by atoms with van der Waals surface area (Å²) in [5.41, 5.74) is 2.15. The highest BCUT2D eigenvalue weighted by atomic mass is 35.5. The van der Waals surface area contributed by atoms with Crippen LogP contribution in [0.4, 0.5) is 0 Å². The second-order valence-corrected chi connectivity index (χ2v) is 8.28. The summed E-state index contributed by atoms with van der Waals surface area (Å²) in [6.45, 7) is 9.24. The monoisotopic (exact) mass is 359 g/mol. The van der Waals surface area contributed by atoms with Gasteiger partial charge in [-0.2, -0.15) is 4.31 Å². The molecule has 2 saturated heterocycles. The molecule has 0 saturated carbocycles. The Bertz CT molecular complexity index is 645. The van der Waals surface area contributed by atoms with Crippen molar-refractivity contribution in [2.24, 2.45) is 0 Å². The number of rotatable bonds is 3. The standard InChI is InChI=1S/C16H25N3O2S.ClH/c1-13-3-4-16(11-14(13)2)22(20,21)19-8-5-15(12-19)18-9-6-17-7-10-18;/h3-4,11,15,17H,5-10,12H2,1-2H3;1H. The van der Waals surface area contributed by atoms with E-state index in [2.05, 4.69) is 10.2 Å². The van der Waals surface area contributed by atoms with E-state index in [0.717, 1.165) is 43.7 Å². The van der Waals surface area contributed by atoms with E-state index in [4.69, 9.17) is 0 Å². The maximum absolute atomic E-state index is 12.8. The van der Waals surface area contributed by atoms with E-state index in [1.54, 1.807) is 16.4 Å². The van der Waals surface area contributed by atoms with Crippen LogP contribution in [-0.2, 0) is 10.0 Å². The molecular weight excluding hydrogens is 334 g/mol. The van der Waals surface area contributed by atoms with Gasteiger partial charge in [0.2, 0.25) is 10.0 Å². The number of sulfonamides is 1. The minimum atomic E-state index is -3.36. The molecule has 0 aliphatic carbocycles. The third-order valence-corrected chi connectivity index (χ3v) is 6.77. The van der Waals surface area contributed by atoms with Crippen LogP contribution in [0.15, 0.2) is 23.1 Å². The summed E-state index contributed by atoms with van der Waals surface area (Å²) in [5.74, 6) is 0. The predicted molar refractivity (Wildman–Crippen MR) is 94.8 cm³/mol. The normalized spacial score (nSPS) is 23.7. The summed E-state index contributed by atoms with van der Waals surface area (Å²) in [4.78, 5) is 2.85. The van der Waals surface area contributed by atoms with Gasteiger partial charge in [-0.25, -0.2) is 8.42 Å². The molecular formula is C16H26ClN3O2S. The fourth-order valence-electron chi connectivity index (χ4n) is 3.30. The summed E-state index contributed by atoms with van der Waals surface area (Å²) in [6, 6.07) is 5.79. The predicted octanol–water partition coefficient (Wildman–Crippen LogP) is 1.39. The molecule has 5 nitrogen and oxygen atoms in total. The maximum Gasteiger partial charge on any atom is 0.243 e. The van der Waals surface area contributed by atoms with Gasteiger partial charge in [-0.1, -0.05) is 6.07 Å². The number of halogens is 1. The molecule has 1 atom stereocenters. The number of hydrogen-bond acceptors (Lipinski definition) is 4. The molecule has 130 valence electrons. The first-order valence-corrected chi connectivity index (χ1v) is 9.44. The molecule has 2 aliphatic rings. The van der Waals surface area contributed by atoms with Crippen LogP contribution in [0.5, 0.6) is 0 Å². The van der Waals surface area contributed by atoms with Gasteiger partial charge in [-0.15, -0.1) is 12.4 Å². The molecule has 0 bridgehead atoms. The van der Waals surface area contributed by atoms with Gasteiger partial charge >= 0.3 is 0 Å². The van der Waals surface area contributed by atoms with Crippen LogP contribution in [-0.4, -0.2) is 62.9 Å². The van der Waals surface area contributed by atoms with E-state index in [-0.39, 0.29) is 12.4 Å². The average Bonchev–Trinajstić information content (AvgIpc) is 3.01. The number of nitrogens with one attached hydrogen (secondary N) is 1. The fourth-order valence-corrected chi connectivity index (χ4v) is 4.88. The van der Waals surface area contributed by atoms with Gasteiger partial charge in [-0.3, -0.25) is 4.90 Å². The van der Waals surface area contributed by atoms with Crippen LogP contribution < -0.4 is 5.32 Å². The zero-order chi connectivity index (χ0) is 15.7. The molecule has 1 unspecified atom stereocenters. The first-order valence-electron chi connectivity index (χ1n) is 8.00. The van der Waals surface area contributed by atoms with E-state index in [0.29, 0.717) is 24.0 Å². The smallest absolute Gasteiger partial charge is 0.243 e. The average molecular weight is 360 g/mol. The van der Waals surface area contributed by atoms with Crippen LogP contribution in [0.2, 0.25) is 0 Å². The Morgan fingerprint density at radius 3 is 2.43 bits per heavy atom. The Balaban J connectivity index is 0.00000192. The third-order valence-electron chi connectivity index (χ3n) is 4.91. The van der Waals surface area contributed by atoms with Gasteiger partial charge in [0.15, 0.2) is 0 Å². The SMILES string of the molecule is Cc1ccc(S(=O)(=O)N2CCC(N3CCNCC3)C2)cc1C.Cl. The van der Waals surface area contributed by atoms with Crippen molar-refractivity contribution in [1.29, 1.82) is 0 Å². The number of nitrogens with zero attached hydrogens (tertiary/aromatic N) is 2. The molecule has 1 aromatic carbocycles. The van der Waals surface area contributed by atoms with Crippen molar-refractivity contribution in [3.63, 3.8) is 0 Å². The Morgan fingerprint density at radius 2 is 1.78 bits per heavy atom. The first-order chi connectivity index (χ1) is 10.5. The van der Waals surface area contributed by atoms with Crippen molar-refractivity contribution < 1.29 is 8.42 Å². The van der Waals surface area contributed by atoms with E-state index in [1.165, 1.54) is 0 Å². The van der Waals surface area contributed by atoms with Gasteiger partial charge in [0.05, 0.1) is 4.90 Å². The highest BCUT2D eigenvalue weighted by Crippen LogP contribution is 2.25. The van der Waals surface area contributed by atoms with Crippen LogP contribution in [0, 0.1) is 13.8 Å². The Kier molecular flexibility index (Phi) is 6.08. The number of hydrogen-bond donors (Lipinski definition) is 1. The summed E-state index contributed by atoms with van der Waals surface area (Å²) in [7, 11) is -3.36. The Labute approximate surface area is 145 Å². The van der Waals surface area contributed by atoms with E-state index < -0.39 is 10.0 Å². The highest BCUT2D eigenvalue weighted by Gasteiger charge is 2.35. The highest BCUT2D eigenvalue weighted by molar-refractivity contribution is 7.89. The number of benzene rings is 1. The zero-order valence-corrected chi connectivity index (χ0v) is 15.4. The molecule has 1 N–H and O–H groups in total. The molecule has 2 heterocycles. The first kappa shape index (κ1) is 18.7. The van der Waals surface area contributed by atoms with Crippen molar-refractivity contribution >= 4 is 22.4 Å². The van der Waals surface area contributed by atoms with E-state index >= 15 is 0 Å². The number of aryl methyl sites for hydroxylation is 2. The molecule has 7 heteroatoms. The lowest BCUT2D eigenvalue weighted by atomic mass is 10.1. The quantitative estimate of drug-likeness (QED) is 0.886. The van der Waals surface area contributed by atoms with Crippen molar-refractivity contribution in [2.45, 2.75) is 31.2 Å². The molecule has 2 fully saturated rings. The molecule has 0 amide bonds. The zero-order valence-electron chi connectivity index (χ0n) is 13.8. The third kappa shape index (κ3) is 3.88. The lowest BCUT2D eigenvalue weighted by Gasteiger charge is -2.32. The molecule has 23 heavy (non-hydrogen) atoms. The lowest BCUT2D eigenvalue weighted by Crippen LogP contribution is -2.49. The minimum absolute atomic E-state index is 0. The van der Waals surface area contributed by atoms with Gasteiger partial charge in [0.1, 0.15) is 0 Å². The largest absolute Gasteiger partial charge is 0.314 e. The van der Waals surface area contributed by atoms with Gasteiger partial charge in [-0.05, 0) is 43.5 Å². The molecule has 0 spiro atoms. The van der Waals surface area contributed by atoms with Crippen LogP contribution in [0.3, 0.4) is 0 Å². The van der Waals surface area contributed by atoms with Crippen LogP contribution >= 0.6 is 12.4 Å². The molecule has 1 aromatic rings. The minimum Gasteiger partial charge on any atom is -0.314 e. The summed E-state index contributed by atoms with van der Waals surface area (Å²) >= 11 is 0. The van der Waals surface area contributed by atoms with Gasteiger partial charge in [0, 0.05) is 45.3 Å². The van der Waals surface area contributed by atoms with Crippen molar-refractivity contribution in [3.8, 4) is 0 Å². The second-order valence-electron chi connectivity index (χ2n) is 6.34. The van der Waals surface area contributed by atoms with Gasteiger partial charge < -0.3 is 5.32 Å². The van der Waals surface area contributed by atoms with E-state index in [9.17, 15) is 8.42 Å². The van der Waals surface area contributed by atoms with E-state index in [1.807, 2.05) is 19.9 Å². The summed E-state index contributed by atoms with van der Waals surface area (Å²) < 4.78 is 27.3.